The molecule has 0 saturated carbocycles. The monoisotopic (exact) mass is 138 g/mol. The number of aryl methyl sites for hydroxylation is 1. The van der Waals surface area contributed by atoms with Crippen molar-refractivity contribution in [3.8, 4) is 0 Å². The van der Waals surface area contributed by atoms with E-state index in [2.05, 4.69) is 11.9 Å². The van der Waals surface area contributed by atoms with Gasteiger partial charge in [-0.15, -0.1) is 0 Å². The van der Waals surface area contributed by atoms with Crippen molar-refractivity contribution in [1.29, 1.82) is 0 Å². The third-order valence-electron chi connectivity index (χ3n) is 1.87. The van der Waals surface area contributed by atoms with Crippen LogP contribution in [-0.2, 0) is 17.4 Å². The second-order valence-corrected chi connectivity index (χ2v) is 2.88. The van der Waals surface area contributed by atoms with Gasteiger partial charge < -0.3 is 9.30 Å². The van der Waals surface area contributed by atoms with Crippen molar-refractivity contribution in [2.24, 2.45) is 7.05 Å². The summed E-state index contributed by atoms with van der Waals surface area (Å²) in [7, 11) is 1.98. The number of ether oxygens (including phenoxy) is 1. The highest BCUT2D eigenvalue weighted by molar-refractivity contribution is 5.09. The number of epoxide rings is 1. The molecule has 3 heteroatoms. The molecule has 2 rings (SSSR count). The molecule has 1 aromatic rings. The van der Waals surface area contributed by atoms with Crippen LogP contribution in [0.2, 0.25) is 0 Å². The van der Waals surface area contributed by atoms with Gasteiger partial charge in [0.2, 0.25) is 0 Å². The first kappa shape index (κ1) is 5.92. The first-order valence-corrected chi connectivity index (χ1v) is 3.34. The molecule has 0 N–H and O–H groups in total. The maximum absolute atomic E-state index is 5.24. The van der Waals surface area contributed by atoms with Crippen molar-refractivity contribution in [3.63, 3.8) is 0 Å². The first-order chi connectivity index (χ1) is 4.72. The van der Waals surface area contributed by atoms with Crippen molar-refractivity contribution in [2.45, 2.75) is 12.5 Å². The molecule has 1 unspecified atom stereocenters. The molecule has 1 saturated heterocycles. The lowest BCUT2D eigenvalue weighted by Crippen LogP contribution is -2.09. The van der Waals surface area contributed by atoms with Crippen LogP contribution >= 0.6 is 0 Å². The van der Waals surface area contributed by atoms with Crippen LogP contribution in [0, 0.1) is 0 Å². The molecule has 1 fully saturated rings. The smallest absolute Gasteiger partial charge is 0.146 e. The molecule has 0 bridgehead atoms. The molecule has 1 aromatic heterocycles. The molecule has 0 aromatic carbocycles. The van der Waals surface area contributed by atoms with Crippen LogP contribution in [-0.4, -0.2) is 16.2 Å². The van der Waals surface area contributed by atoms with Gasteiger partial charge in [-0.3, -0.25) is 0 Å². The predicted molar refractivity (Wildman–Crippen MR) is 36.5 cm³/mol. The van der Waals surface area contributed by atoms with E-state index < -0.39 is 0 Å². The van der Waals surface area contributed by atoms with Crippen LogP contribution in [0.3, 0.4) is 0 Å². The topological polar surface area (TPSA) is 30.4 Å². The molecular weight excluding hydrogens is 128 g/mol. The third-order valence-corrected chi connectivity index (χ3v) is 1.87. The highest BCUT2D eigenvalue weighted by Crippen LogP contribution is 2.36. The zero-order chi connectivity index (χ0) is 7.19. The summed E-state index contributed by atoms with van der Waals surface area (Å²) in [5.41, 5.74) is -0.0851. The lowest BCUT2D eigenvalue weighted by Gasteiger charge is -2.03. The summed E-state index contributed by atoms with van der Waals surface area (Å²) in [5, 5.41) is 0. The van der Waals surface area contributed by atoms with Crippen LogP contribution in [0.15, 0.2) is 12.4 Å². The number of hydrogen-bond acceptors (Lipinski definition) is 2. The Morgan fingerprint density at radius 2 is 2.50 bits per heavy atom. The molecule has 2 heterocycles. The maximum Gasteiger partial charge on any atom is 0.146 e. The predicted octanol–water partition coefficient (Wildman–Crippen LogP) is 0.665. The quantitative estimate of drug-likeness (QED) is 0.534. The molecule has 1 aliphatic heterocycles. The standard InChI is InChI=1S/C7H10N2O/c1-7(5-10-7)6-8-3-4-9(6)2/h3-4H,5H2,1-2H3. The van der Waals surface area contributed by atoms with Crippen molar-refractivity contribution in [3.05, 3.63) is 18.2 Å². The largest absolute Gasteiger partial charge is 0.361 e. The van der Waals surface area contributed by atoms with Crippen molar-refractivity contribution in [1.82, 2.24) is 9.55 Å². The molecule has 3 nitrogen and oxygen atoms in total. The highest BCUT2D eigenvalue weighted by atomic mass is 16.6. The second kappa shape index (κ2) is 1.61. The van der Waals surface area contributed by atoms with Gasteiger partial charge in [0.15, 0.2) is 0 Å². The summed E-state index contributed by atoms with van der Waals surface area (Å²) in [6.07, 6.45) is 3.73. The van der Waals surface area contributed by atoms with Gasteiger partial charge in [-0.2, -0.15) is 0 Å². The van der Waals surface area contributed by atoms with Gasteiger partial charge in [-0.1, -0.05) is 0 Å². The second-order valence-electron chi connectivity index (χ2n) is 2.88. The molecule has 0 amide bonds. The lowest BCUT2D eigenvalue weighted by atomic mass is 10.2. The SMILES string of the molecule is Cn1ccnc1C1(C)CO1. The molecule has 0 aliphatic carbocycles. The van der Waals surface area contributed by atoms with E-state index in [1.165, 1.54) is 0 Å². The average molecular weight is 138 g/mol. The fourth-order valence-electron chi connectivity index (χ4n) is 1.11. The number of rotatable bonds is 1. The Kier molecular flexibility index (Phi) is 0.951. The fraction of sp³-hybridized carbons (Fsp3) is 0.571. The van der Waals surface area contributed by atoms with E-state index in [-0.39, 0.29) is 5.60 Å². The maximum atomic E-state index is 5.24. The van der Waals surface area contributed by atoms with E-state index in [0.29, 0.717) is 0 Å². The Labute approximate surface area is 59.6 Å². The minimum Gasteiger partial charge on any atom is -0.361 e. The van der Waals surface area contributed by atoms with Crippen molar-refractivity contribution in [2.75, 3.05) is 6.61 Å². The van der Waals surface area contributed by atoms with Gasteiger partial charge in [-0.05, 0) is 6.92 Å². The summed E-state index contributed by atoms with van der Waals surface area (Å²) in [4.78, 5) is 4.19. The van der Waals surface area contributed by atoms with Gasteiger partial charge in [0.25, 0.3) is 0 Å². The van der Waals surface area contributed by atoms with Crippen LogP contribution in [0.5, 0.6) is 0 Å². The van der Waals surface area contributed by atoms with Crippen LogP contribution in [0.1, 0.15) is 12.7 Å². The minimum absolute atomic E-state index is 0.0851. The molecule has 54 valence electrons. The van der Waals surface area contributed by atoms with Crippen LogP contribution in [0.25, 0.3) is 0 Å². The summed E-state index contributed by atoms with van der Waals surface area (Å²) < 4.78 is 7.23. The summed E-state index contributed by atoms with van der Waals surface area (Å²) in [6, 6.07) is 0. The van der Waals surface area contributed by atoms with E-state index in [0.717, 1.165) is 12.4 Å². The molecule has 10 heavy (non-hydrogen) atoms. The summed E-state index contributed by atoms with van der Waals surface area (Å²) >= 11 is 0. The average Bonchev–Trinajstić information content (AvgIpc) is 2.44. The summed E-state index contributed by atoms with van der Waals surface area (Å²) in [5.74, 6) is 1.02. The first-order valence-electron chi connectivity index (χ1n) is 3.34. The number of imidazole rings is 1. The Morgan fingerprint density at radius 3 is 2.90 bits per heavy atom. The van der Waals surface area contributed by atoms with E-state index >= 15 is 0 Å². The van der Waals surface area contributed by atoms with Gasteiger partial charge in [0, 0.05) is 19.4 Å². The molecule has 0 radical (unpaired) electrons. The lowest BCUT2D eigenvalue weighted by molar-refractivity contribution is 0.312. The van der Waals surface area contributed by atoms with Gasteiger partial charge in [0.05, 0.1) is 6.61 Å². The Bertz CT molecular complexity index is 250. The Hall–Kier alpha value is -0.830. The third kappa shape index (κ3) is 0.671. The minimum atomic E-state index is -0.0851. The zero-order valence-electron chi connectivity index (χ0n) is 6.16. The molecular formula is C7H10N2O. The van der Waals surface area contributed by atoms with E-state index in [1.807, 2.05) is 17.8 Å². The molecule has 1 atom stereocenters. The van der Waals surface area contributed by atoms with E-state index in [1.54, 1.807) is 6.20 Å². The normalized spacial score (nSPS) is 30.6. The van der Waals surface area contributed by atoms with Gasteiger partial charge in [-0.25, -0.2) is 4.98 Å². The van der Waals surface area contributed by atoms with Crippen LogP contribution in [0.4, 0.5) is 0 Å². The van der Waals surface area contributed by atoms with Crippen molar-refractivity contribution >= 4 is 0 Å². The van der Waals surface area contributed by atoms with E-state index in [9.17, 15) is 0 Å². The van der Waals surface area contributed by atoms with Gasteiger partial charge in [0.1, 0.15) is 11.4 Å². The number of hydrogen-bond donors (Lipinski definition) is 0. The van der Waals surface area contributed by atoms with Crippen molar-refractivity contribution < 1.29 is 4.74 Å². The molecule has 1 aliphatic rings. The summed E-state index contributed by atoms with van der Waals surface area (Å²) in [6.45, 7) is 2.85. The highest BCUT2D eigenvalue weighted by Gasteiger charge is 2.44. The molecule has 0 spiro atoms. The number of aromatic nitrogens is 2. The number of nitrogens with zero attached hydrogens (tertiary/aromatic N) is 2. The van der Waals surface area contributed by atoms with E-state index in [4.69, 9.17) is 4.74 Å². The Balaban J connectivity index is 2.42. The fourth-order valence-corrected chi connectivity index (χ4v) is 1.11. The van der Waals surface area contributed by atoms with Gasteiger partial charge >= 0.3 is 0 Å². The zero-order valence-corrected chi connectivity index (χ0v) is 6.16. The van der Waals surface area contributed by atoms with Crippen LogP contribution < -0.4 is 0 Å². The Morgan fingerprint density at radius 1 is 1.80 bits per heavy atom.